The average molecular weight is 503 g/mol. The van der Waals surface area contributed by atoms with Gasteiger partial charge in [-0.1, -0.05) is 36.4 Å². The number of methoxy groups -OCH3 is 1. The Hall–Kier alpha value is -3.91. The van der Waals surface area contributed by atoms with Crippen LogP contribution < -0.4 is 10.2 Å². The van der Waals surface area contributed by atoms with Gasteiger partial charge < -0.3 is 24.8 Å². The van der Waals surface area contributed by atoms with Crippen molar-refractivity contribution in [1.29, 1.82) is 0 Å². The summed E-state index contributed by atoms with van der Waals surface area (Å²) in [5, 5.41) is 3.48. The van der Waals surface area contributed by atoms with Crippen LogP contribution in [0.3, 0.4) is 0 Å². The Labute approximate surface area is 216 Å². The molecule has 1 atom stereocenters. The first-order valence-corrected chi connectivity index (χ1v) is 12.6. The van der Waals surface area contributed by atoms with Crippen molar-refractivity contribution < 1.29 is 18.7 Å². The highest BCUT2D eigenvalue weighted by Crippen LogP contribution is 2.34. The summed E-state index contributed by atoms with van der Waals surface area (Å²) in [6.45, 7) is 3.31. The summed E-state index contributed by atoms with van der Waals surface area (Å²) in [7, 11) is 1.65. The highest BCUT2D eigenvalue weighted by molar-refractivity contribution is 5.99. The molecule has 1 saturated heterocycles. The third-order valence-electron chi connectivity index (χ3n) is 6.98. The number of para-hydroxylation sites is 1. The average Bonchev–Trinajstić information content (AvgIpc) is 3.19. The zero-order valence-corrected chi connectivity index (χ0v) is 20.9. The largest absolute Gasteiger partial charge is 0.385 e. The first-order chi connectivity index (χ1) is 18.1. The number of hydrogen-bond donors (Lipinski definition) is 1. The van der Waals surface area contributed by atoms with E-state index in [-0.39, 0.29) is 23.8 Å². The van der Waals surface area contributed by atoms with Crippen molar-refractivity contribution in [3.8, 4) is 0 Å². The molecule has 0 bridgehead atoms. The summed E-state index contributed by atoms with van der Waals surface area (Å²) in [5.41, 5.74) is 3.53. The SMILES string of the molecule is COCCCN1C(=O)c2ccccc2C1Nc1cccc(C(=O)N2CCN(c3ccccc3F)CC2)c1. The van der Waals surface area contributed by atoms with Gasteiger partial charge in [-0.3, -0.25) is 9.59 Å². The van der Waals surface area contributed by atoms with E-state index >= 15 is 0 Å². The molecule has 0 aliphatic carbocycles. The van der Waals surface area contributed by atoms with Crippen molar-refractivity contribution in [2.75, 3.05) is 56.7 Å². The molecule has 5 rings (SSSR count). The Morgan fingerprint density at radius 2 is 1.76 bits per heavy atom. The van der Waals surface area contributed by atoms with Crippen molar-refractivity contribution in [2.45, 2.75) is 12.6 Å². The van der Waals surface area contributed by atoms with Crippen LogP contribution >= 0.6 is 0 Å². The minimum atomic E-state index is -0.324. The lowest BCUT2D eigenvalue weighted by Gasteiger charge is -2.36. The Morgan fingerprint density at radius 1 is 1.00 bits per heavy atom. The lowest BCUT2D eigenvalue weighted by molar-refractivity contribution is 0.0718. The zero-order valence-electron chi connectivity index (χ0n) is 20.9. The number of fused-ring (bicyclic) bond motifs is 1. The second-order valence-electron chi connectivity index (χ2n) is 9.29. The third kappa shape index (κ3) is 5.15. The van der Waals surface area contributed by atoms with Crippen LogP contribution in [0.5, 0.6) is 0 Å². The molecule has 2 amide bonds. The summed E-state index contributed by atoms with van der Waals surface area (Å²) < 4.78 is 19.4. The van der Waals surface area contributed by atoms with Crippen LogP contribution in [0, 0.1) is 5.82 Å². The Balaban J connectivity index is 1.28. The van der Waals surface area contributed by atoms with Crippen molar-refractivity contribution in [3.63, 3.8) is 0 Å². The zero-order chi connectivity index (χ0) is 25.8. The van der Waals surface area contributed by atoms with E-state index in [1.165, 1.54) is 6.07 Å². The predicted octanol–water partition coefficient (Wildman–Crippen LogP) is 4.39. The number of carbonyl (C=O) groups excluding carboxylic acids is 2. The van der Waals surface area contributed by atoms with E-state index in [1.54, 1.807) is 25.3 Å². The number of halogens is 1. The van der Waals surface area contributed by atoms with Gasteiger partial charge in [0.2, 0.25) is 0 Å². The van der Waals surface area contributed by atoms with Gasteiger partial charge in [-0.25, -0.2) is 4.39 Å². The first kappa shape index (κ1) is 24.8. The van der Waals surface area contributed by atoms with E-state index in [9.17, 15) is 14.0 Å². The number of ether oxygens (including phenoxy) is 1. The lowest BCUT2D eigenvalue weighted by Crippen LogP contribution is -2.49. The molecule has 0 saturated carbocycles. The molecule has 3 aromatic carbocycles. The number of benzene rings is 3. The van der Waals surface area contributed by atoms with Gasteiger partial charge in [0, 0.05) is 68.8 Å². The van der Waals surface area contributed by atoms with Gasteiger partial charge >= 0.3 is 0 Å². The van der Waals surface area contributed by atoms with Crippen LogP contribution in [0.4, 0.5) is 15.8 Å². The van der Waals surface area contributed by atoms with Crippen molar-refractivity contribution in [2.24, 2.45) is 0 Å². The predicted molar refractivity (Wildman–Crippen MR) is 141 cm³/mol. The van der Waals surface area contributed by atoms with E-state index in [2.05, 4.69) is 5.32 Å². The number of hydrogen-bond acceptors (Lipinski definition) is 5. The van der Waals surface area contributed by atoms with Crippen molar-refractivity contribution >= 4 is 23.2 Å². The maximum Gasteiger partial charge on any atom is 0.256 e. The number of piperazine rings is 1. The molecule has 2 heterocycles. The Kier molecular flexibility index (Phi) is 7.37. The summed E-state index contributed by atoms with van der Waals surface area (Å²) >= 11 is 0. The maximum absolute atomic E-state index is 14.2. The molecule has 1 fully saturated rings. The summed E-state index contributed by atoms with van der Waals surface area (Å²) in [6, 6.07) is 21.8. The number of carbonyl (C=O) groups is 2. The topological polar surface area (TPSA) is 65.1 Å². The van der Waals surface area contributed by atoms with Gasteiger partial charge in [0.15, 0.2) is 0 Å². The summed E-state index contributed by atoms with van der Waals surface area (Å²) in [6.07, 6.45) is 0.404. The second kappa shape index (κ2) is 11.0. The molecule has 1 N–H and O–H groups in total. The standard InChI is InChI=1S/C29H31FN4O3/c1-37-19-7-14-34-27(23-10-2-3-11-24(23)29(34)36)31-22-9-6-8-21(20-22)28(35)33-17-15-32(16-18-33)26-13-5-4-12-25(26)30/h2-6,8-13,20,27,31H,7,14-19H2,1H3. The molecule has 0 radical (unpaired) electrons. The van der Waals surface area contributed by atoms with Gasteiger partial charge in [0.1, 0.15) is 12.0 Å². The van der Waals surface area contributed by atoms with E-state index in [4.69, 9.17) is 4.74 Å². The fourth-order valence-electron chi connectivity index (χ4n) is 5.08. The second-order valence-corrected chi connectivity index (χ2v) is 9.29. The number of rotatable bonds is 8. The fraction of sp³-hybridized carbons (Fsp3) is 0.310. The van der Waals surface area contributed by atoms with E-state index in [1.807, 2.05) is 63.2 Å². The fourth-order valence-corrected chi connectivity index (χ4v) is 5.08. The molecule has 1 unspecified atom stereocenters. The molecule has 37 heavy (non-hydrogen) atoms. The van der Waals surface area contributed by atoms with Crippen molar-refractivity contribution in [1.82, 2.24) is 9.80 Å². The quantitative estimate of drug-likeness (QED) is 0.463. The number of amides is 2. The molecule has 192 valence electrons. The normalized spacial score (nSPS) is 17.2. The van der Waals surface area contributed by atoms with Gasteiger partial charge in [-0.2, -0.15) is 0 Å². The molecular weight excluding hydrogens is 471 g/mol. The smallest absolute Gasteiger partial charge is 0.256 e. The highest BCUT2D eigenvalue weighted by Gasteiger charge is 2.36. The third-order valence-corrected chi connectivity index (χ3v) is 6.98. The Morgan fingerprint density at radius 3 is 2.54 bits per heavy atom. The first-order valence-electron chi connectivity index (χ1n) is 12.6. The molecular formula is C29H31FN4O3. The van der Waals surface area contributed by atoms with Crippen molar-refractivity contribution in [3.05, 3.63) is 95.3 Å². The van der Waals surface area contributed by atoms with Gasteiger partial charge in [-0.15, -0.1) is 0 Å². The minimum absolute atomic E-state index is 0.0100. The van der Waals surface area contributed by atoms with Crippen LogP contribution in [0.25, 0.3) is 0 Å². The van der Waals surface area contributed by atoms with Crippen LogP contribution in [0.2, 0.25) is 0 Å². The Bertz CT molecular complexity index is 1280. The molecule has 0 spiro atoms. The van der Waals surface area contributed by atoms with Gasteiger partial charge in [0.05, 0.1) is 5.69 Å². The number of anilines is 2. The molecule has 3 aromatic rings. The van der Waals surface area contributed by atoms with Crippen LogP contribution in [0.1, 0.15) is 38.9 Å². The summed E-state index contributed by atoms with van der Waals surface area (Å²) in [4.78, 5) is 32.0. The number of nitrogens with zero attached hydrogens (tertiary/aromatic N) is 3. The van der Waals surface area contributed by atoms with Gasteiger partial charge in [-0.05, 0) is 42.8 Å². The van der Waals surface area contributed by atoms with Crippen LogP contribution in [0.15, 0.2) is 72.8 Å². The lowest BCUT2D eigenvalue weighted by atomic mass is 10.1. The number of nitrogens with one attached hydrogen (secondary N) is 1. The minimum Gasteiger partial charge on any atom is -0.385 e. The molecule has 2 aliphatic heterocycles. The maximum atomic E-state index is 14.2. The van der Waals surface area contributed by atoms with Crippen LogP contribution in [-0.4, -0.2) is 68.1 Å². The van der Waals surface area contributed by atoms with E-state index in [0.29, 0.717) is 56.1 Å². The van der Waals surface area contributed by atoms with E-state index < -0.39 is 0 Å². The van der Waals surface area contributed by atoms with Crippen LogP contribution in [-0.2, 0) is 4.74 Å². The molecule has 0 aromatic heterocycles. The highest BCUT2D eigenvalue weighted by atomic mass is 19.1. The van der Waals surface area contributed by atoms with Gasteiger partial charge in [0.25, 0.3) is 11.8 Å². The van der Waals surface area contributed by atoms with E-state index in [0.717, 1.165) is 17.7 Å². The summed E-state index contributed by atoms with van der Waals surface area (Å²) in [5.74, 6) is -0.315. The molecule has 2 aliphatic rings. The molecule has 8 heteroatoms. The molecule has 7 nitrogen and oxygen atoms in total. The monoisotopic (exact) mass is 502 g/mol.